The average Bonchev–Trinajstić information content (AvgIpc) is 2.99. The van der Waals surface area contributed by atoms with Crippen LogP contribution in [0.2, 0.25) is 0 Å². The maximum Gasteiger partial charge on any atom is 0.228 e. The first-order chi connectivity index (χ1) is 10.5. The first kappa shape index (κ1) is 15.2. The van der Waals surface area contributed by atoms with E-state index < -0.39 is 0 Å². The Morgan fingerprint density at radius 3 is 2.95 bits per heavy atom. The highest BCUT2D eigenvalue weighted by molar-refractivity contribution is 9.10. The highest BCUT2D eigenvalue weighted by atomic mass is 79.9. The molecule has 114 valence electrons. The zero-order valence-corrected chi connectivity index (χ0v) is 14.7. The van der Waals surface area contributed by atoms with Crippen LogP contribution in [0.5, 0.6) is 0 Å². The van der Waals surface area contributed by atoms with E-state index in [4.69, 9.17) is 0 Å². The summed E-state index contributed by atoms with van der Waals surface area (Å²) < 4.78 is 3.80. The molecule has 0 aliphatic rings. The van der Waals surface area contributed by atoms with Gasteiger partial charge in [0, 0.05) is 19.2 Å². The second-order valence-electron chi connectivity index (χ2n) is 5.11. The number of carbonyl (C=O) groups is 1. The second-order valence-corrected chi connectivity index (χ2v) is 7.00. The predicted molar refractivity (Wildman–Crippen MR) is 92.3 cm³/mol. The largest absolute Gasteiger partial charge is 0.302 e. The standard InChI is InChI=1S/C15H15BrN4OS/c1-9-3-4-12-13(7-9)22-15(17-12)18-14(21)5-6-20-8-11(16)10(2)19-20/h3-4,7-8H,5-6H2,1-2H3,(H,17,18,21). The van der Waals surface area contributed by atoms with Crippen molar-refractivity contribution in [3.63, 3.8) is 0 Å². The van der Waals surface area contributed by atoms with E-state index in [1.54, 1.807) is 4.68 Å². The molecule has 1 aromatic carbocycles. The number of nitrogens with zero attached hydrogens (tertiary/aromatic N) is 3. The Morgan fingerprint density at radius 1 is 1.41 bits per heavy atom. The molecule has 0 unspecified atom stereocenters. The molecule has 3 rings (SSSR count). The summed E-state index contributed by atoms with van der Waals surface area (Å²) >= 11 is 4.91. The van der Waals surface area contributed by atoms with Gasteiger partial charge in [-0.25, -0.2) is 4.98 Å². The number of hydrogen-bond donors (Lipinski definition) is 1. The minimum absolute atomic E-state index is 0.0555. The van der Waals surface area contributed by atoms with Gasteiger partial charge in [-0.3, -0.25) is 9.48 Å². The van der Waals surface area contributed by atoms with Crippen LogP contribution in [-0.2, 0) is 11.3 Å². The number of aryl methyl sites for hydroxylation is 3. The van der Waals surface area contributed by atoms with Gasteiger partial charge in [0.1, 0.15) is 0 Å². The smallest absolute Gasteiger partial charge is 0.228 e. The van der Waals surface area contributed by atoms with Gasteiger partial charge in [-0.2, -0.15) is 5.10 Å². The van der Waals surface area contributed by atoms with Gasteiger partial charge < -0.3 is 5.32 Å². The molecule has 0 bridgehead atoms. The Bertz CT molecular complexity index is 820. The summed E-state index contributed by atoms with van der Waals surface area (Å²) in [6, 6.07) is 6.07. The van der Waals surface area contributed by atoms with Gasteiger partial charge in [0.15, 0.2) is 5.13 Å². The van der Waals surface area contributed by atoms with Crippen molar-refractivity contribution in [3.8, 4) is 0 Å². The van der Waals surface area contributed by atoms with Crippen molar-refractivity contribution in [2.24, 2.45) is 0 Å². The summed E-state index contributed by atoms with van der Waals surface area (Å²) in [4.78, 5) is 16.4. The molecule has 0 spiro atoms. The third kappa shape index (κ3) is 3.36. The number of fused-ring (bicyclic) bond motifs is 1. The zero-order chi connectivity index (χ0) is 15.7. The van der Waals surface area contributed by atoms with Gasteiger partial charge in [-0.1, -0.05) is 17.4 Å². The second kappa shape index (κ2) is 6.18. The molecule has 22 heavy (non-hydrogen) atoms. The summed E-state index contributed by atoms with van der Waals surface area (Å²) in [6.07, 6.45) is 2.24. The van der Waals surface area contributed by atoms with Crippen LogP contribution < -0.4 is 5.32 Å². The van der Waals surface area contributed by atoms with Crippen molar-refractivity contribution in [2.75, 3.05) is 5.32 Å². The first-order valence-corrected chi connectivity index (χ1v) is 8.49. The first-order valence-electron chi connectivity index (χ1n) is 6.88. The topological polar surface area (TPSA) is 59.8 Å². The fraction of sp³-hybridized carbons (Fsp3) is 0.267. The molecule has 0 saturated carbocycles. The van der Waals surface area contributed by atoms with Crippen molar-refractivity contribution in [1.82, 2.24) is 14.8 Å². The summed E-state index contributed by atoms with van der Waals surface area (Å²) in [5, 5.41) is 7.81. The van der Waals surface area contributed by atoms with E-state index in [0.29, 0.717) is 18.1 Å². The Balaban J connectivity index is 1.62. The molecule has 0 atom stereocenters. The Hall–Kier alpha value is -1.73. The molecule has 5 nitrogen and oxygen atoms in total. The summed E-state index contributed by atoms with van der Waals surface area (Å²) in [6.45, 7) is 4.51. The van der Waals surface area contributed by atoms with Gasteiger partial charge in [-0.15, -0.1) is 0 Å². The van der Waals surface area contributed by atoms with Crippen LogP contribution in [0.4, 0.5) is 5.13 Å². The lowest BCUT2D eigenvalue weighted by Crippen LogP contribution is -2.14. The normalized spacial score (nSPS) is 11.0. The van der Waals surface area contributed by atoms with E-state index in [0.717, 1.165) is 20.4 Å². The molecule has 2 heterocycles. The number of anilines is 1. The molecule has 2 aromatic heterocycles. The minimum atomic E-state index is -0.0555. The molecule has 3 aromatic rings. The average molecular weight is 379 g/mol. The van der Waals surface area contributed by atoms with Gasteiger partial charge in [0.25, 0.3) is 0 Å². The molecule has 0 fully saturated rings. The number of hydrogen-bond acceptors (Lipinski definition) is 4. The van der Waals surface area contributed by atoms with Gasteiger partial charge in [0.05, 0.1) is 20.4 Å². The molecule has 7 heteroatoms. The van der Waals surface area contributed by atoms with E-state index in [1.807, 2.05) is 32.2 Å². The molecule has 0 aliphatic carbocycles. The van der Waals surface area contributed by atoms with Crippen LogP contribution in [0, 0.1) is 13.8 Å². The van der Waals surface area contributed by atoms with Crippen molar-refractivity contribution in [1.29, 1.82) is 0 Å². The Labute approximate surface area is 140 Å². The van der Waals surface area contributed by atoms with Crippen molar-refractivity contribution < 1.29 is 4.79 Å². The molecule has 1 amide bonds. The third-order valence-electron chi connectivity index (χ3n) is 3.24. The van der Waals surface area contributed by atoms with Crippen molar-refractivity contribution >= 4 is 48.5 Å². The van der Waals surface area contributed by atoms with Crippen molar-refractivity contribution in [2.45, 2.75) is 26.8 Å². The number of carbonyl (C=O) groups excluding carboxylic acids is 1. The van der Waals surface area contributed by atoms with Crippen LogP contribution in [0.3, 0.4) is 0 Å². The van der Waals surface area contributed by atoms with E-state index >= 15 is 0 Å². The van der Waals surface area contributed by atoms with E-state index in [-0.39, 0.29) is 5.91 Å². The molecule has 0 radical (unpaired) electrons. The van der Waals surface area contributed by atoms with Gasteiger partial charge >= 0.3 is 0 Å². The maximum absolute atomic E-state index is 12.0. The zero-order valence-electron chi connectivity index (χ0n) is 12.3. The lowest BCUT2D eigenvalue weighted by atomic mass is 10.2. The monoisotopic (exact) mass is 378 g/mol. The highest BCUT2D eigenvalue weighted by Crippen LogP contribution is 2.26. The Morgan fingerprint density at radius 2 is 2.23 bits per heavy atom. The number of nitrogens with one attached hydrogen (secondary N) is 1. The highest BCUT2D eigenvalue weighted by Gasteiger charge is 2.09. The molecule has 0 aliphatic heterocycles. The molecular weight excluding hydrogens is 364 g/mol. The predicted octanol–water partition coefficient (Wildman–Crippen LogP) is 3.90. The number of thiazole rings is 1. The van der Waals surface area contributed by atoms with E-state index in [2.05, 4.69) is 37.4 Å². The maximum atomic E-state index is 12.0. The summed E-state index contributed by atoms with van der Waals surface area (Å²) in [7, 11) is 0. The van der Waals surface area contributed by atoms with Crippen LogP contribution in [0.25, 0.3) is 10.2 Å². The summed E-state index contributed by atoms with van der Waals surface area (Å²) in [5.74, 6) is -0.0555. The SMILES string of the molecule is Cc1ccc2nc(NC(=O)CCn3cc(Br)c(C)n3)sc2c1. The number of rotatable bonds is 4. The molecule has 1 N–H and O–H groups in total. The number of halogens is 1. The van der Waals surface area contributed by atoms with E-state index in [9.17, 15) is 4.79 Å². The van der Waals surface area contributed by atoms with Crippen LogP contribution in [0.15, 0.2) is 28.9 Å². The number of benzene rings is 1. The van der Waals surface area contributed by atoms with Gasteiger partial charge in [-0.05, 0) is 47.5 Å². The fourth-order valence-corrected chi connectivity index (χ4v) is 3.39. The van der Waals surface area contributed by atoms with Crippen LogP contribution in [-0.4, -0.2) is 20.7 Å². The summed E-state index contributed by atoms with van der Waals surface area (Å²) in [5.41, 5.74) is 3.02. The third-order valence-corrected chi connectivity index (χ3v) is 4.96. The lowest BCUT2D eigenvalue weighted by Gasteiger charge is -2.01. The Kier molecular flexibility index (Phi) is 4.26. The number of aromatic nitrogens is 3. The molecule has 0 saturated heterocycles. The fourth-order valence-electron chi connectivity index (χ4n) is 2.09. The number of amides is 1. The minimum Gasteiger partial charge on any atom is -0.302 e. The van der Waals surface area contributed by atoms with Crippen LogP contribution in [0.1, 0.15) is 17.7 Å². The van der Waals surface area contributed by atoms with E-state index in [1.165, 1.54) is 16.9 Å². The van der Waals surface area contributed by atoms with Crippen molar-refractivity contribution in [3.05, 3.63) is 40.1 Å². The quantitative estimate of drug-likeness (QED) is 0.748. The van der Waals surface area contributed by atoms with Gasteiger partial charge in [0.2, 0.25) is 5.91 Å². The molecular formula is C15H15BrN4OS. The van der Waals surface area contributed by atoms with Crippen LogP contribution >= 0.6 is 27.3 Å². The lowest BCUT2D eigenvalue weighted by molar-refractivity contribution is -0.116.